The lowest BCUT2D eigenvalue weighted by Crippen LogP contribution is -2.46. The number of carbonyl (C=O) groups is 4. The quantitative estimate of drug-likeness (QED) is 0.630. The molecule has 1 heterocycles. The van der Waals surface area contributed by atoms with Crippen LogP contribution in [0.25, 0.3) is 0 Å². The smallest absolute Gasteiger partial charge is 0.408 e. The third kappa shape index (κ3) is 6.65. The molecule has 7 heteroatoms. The van der Waals surface area contributed by atoms with Crippen molar-refractivity contribution in [1.82, 2.24) is 10.6 Å². The molecule has 2 bridgehead atoms. The first kappa shape index (κ1) is 24.0. The van der Waals surface area contributed by atoms with Crippen molar-refractivity contribution in [3.63, 3.8) is 0 Å². The molecular weight excluding hydrogens is 408 g/mol. The normalized spacial score (nSPS) is 24.5. The summed E-state index contributed by atoms with van der Waals surface area (Å²) in [5, 5.41) is 5.42. The first-order valence-corrected chi connectivity index (χ1v) is 11.7. The Labute approximate surface area is 189 Å². The Kier molecular flexibility index (Phi) is 8.42. The summed E-state index contributed by atoms with van der Waals surface area (Å²) in [6, 6.07) is 8.51. The lowest BCUT2D eigenvalue weighted by molar-refractivity contribution is -0.141. The molecule has 0 aromatic heterocycles. The number of Topliss-reactive ketones (excluding diaryl/α,β-unsaturated/α-hetero) is 2. The minimum atomic E-state index is -0.777. The van der Waals surface area contributed by atoms with Gasteiger partial charge in [-0.15, -0.1) is 0 Å². The van der Waals surface area contributed by atoms with Crippen LogP contribution in [-0.4, -0.2) is 36.2 Å². The van der Waals surface area contributed by atoms with Gasteiger partial charge >= 0.3 is 6.09 Å². The van der Waals surface area contributed by atoms with Crippen LogP contribution in [-0.2, 0) is 25.7 Å². The van der Waals surface area contributed by atoms with Crippen LogP contribution in [0, 0.1) is 23.7 Å². The monoisotopic (exact) mass is 442 g/mol. The minimum Gasteiger partial charge on any atom is -0.445 e. The van der Waals surface area contributed by atoms with E-state index in [1.54, 1.807) is 0 Å². The average molecular weight is 443 g/mol. The van der Waals surface area contributed by atoms with Crippen LogP contribution in [0.5, 0.6) is 0 Å². The fourth-order valence-corrected chi connectivity index (χ4v) is 4.88. The van der Waals surface area contributed by atoms with Crippen molar-refractivity contribution in [2.75, 3.05) is 6.54 Å². The van der Waals surface area contributed by atoms with Gasteiger partial charge in [0, 0.05) is 18.9 Å². The van der Waals surface area contributed by atoms with E-state index in [0.717, 1.165) is 31.2 Å². The summed E-state index contributed by atoms with van der Waals surface area (Å²) >= 11 is 0. The van der Waals surface area contributed by atoms with Crippen LogP contribution in [0.4, 0.5) is 4.79 Å². The fraction of sp³-hybridized carbons (Fsp3) is 0.600. The van der Waals surface area contributed by atoms with Gasteiger partial charge in [-0.1, -0.05) is 57.0 Å². The summed E-state index contributed by atoms with van der Waals surface area (Å²) in [7, 11) is 0. The van der Waals surface area contributed by atoms with Gasteiger partial charge in [-0.25, -0.2) is 4.79 Å². The first-order chi connectivity index (χ1) is 15.3. The first-order valence-electron chi connectivity index (χ1n) is 11.7. The summed E-state index contributed by atoms with van der Waals surface area (Å²) in [6.45, 7) is 4.31. The Balaban J connectivity index is 1.62. The SMILES string of the molecule is CC(C)C(NC(=O)OCc1ccccc1)C(=O)CC1CC2CCCC(CNC(=O)C1=O)C2. The highest BCUT2D eigenvalue weighted by Crippen LogP contribution is 2.35. The van der Waals surface area contributed by atoms with E-state index in [2.05, 4.69) is 10.6 Å². The Bertz CT molecular complexity index is 823. The number of benzene rings is 1. The van der Waals surface area contributed by atoms with E-state index in [1.165, 1.54) is 0 Å². The molecule has 2 fully saturated rings. The molecule has 4 atom stereocenters. The Morgan fingerprint density at radius 3 is 2.53 bits per heavy atom. The van der Waals surface area contributed by atoms with Crippen LogP contribution in [0.2, 0.25) is 0 Å². The van der Waals surface area contributed by atoms with Gasteiger partial charge in [0.2, 0.25) is 5.78 Å². The van der Waals surface area contributed by atoms with Crippen molar-refractivity contribution in [3.05, 3.63) is 35.9 Å². The second-order valence-electron chi connectivity index (χ2n) is 9.50. The Hall–Kier alpha value is -2.70. The maximum atomic E-state index is 13.1. The highest BCUT2D eigenvalue weighted by Gasteiger charge is 2.36. The topological polar surface area (TPSA) is 102 Å². The van der Waals surface area contributed by atoms with Crippen molar-refractivity contribution in [3.8, 4) is 0 Å². The summed E-state index contributed by atoms with van der Waals surface area (Å²) in [5.74, 6) is -1.41. The van der Waals surface area contributed by atoms with Crippen LogP contribution in [0.1, 0.15) is 57.9 Å². The standard InChI is InChI=1S/C25H34N2O5/c1-16(2)22(27-25(31)32-15-17-7-4-3-5-8-17)21(28)13-20-12-18-9-6-10-19(11-18)14-26-24(30)23(20)29/h3-5,7-8,16,18-20,22H,6,9-15H2,1-2H3,(H,26,30)(H,27,31). The van der Waals surface area contributed by atoms with Crippen molar-refractivity contribution in [2.24, 2.45) is 23.7 Å². The minimum absolute atomic E-state index is 0.0464. The lowest BCUT2D eigenvalue weighted by atomic mass is 9.76. The summed E-state index contributed by atoms with van der Waals surface area (Å²) < 4.78 is 5.26. The molecule has 4 unspecified atom stereocenters. The number of rotatable bonds is 7. The molecule has 2 amide bonds. The van der Waals surface area contributed by atoms with E-state index in [-0.39, 0.29) is 24.7 Å². The molecule has 1 aliphatic heterocycles. The molecule has 2 N–H and O–H groups in total. The van der Waals surface area contributed by atoms with E-state index in [4.69, 9.17) is 4.74 Å². The number of alkyl carbamates (subject to hydrolysis) is 1. The highest BCUT2D eigenvalue weighted by atomic mass is 16.5. The molecule has 32 heavy (non-hydrogen) atoms. The predicted molar refractivity (Wildman–Crippen MR) is 120 cm³/mol. The number of ketones is 2. The van der Waals surface area contributed by atoms with Gasteiger partial charge in [0.25, 0.3) is 5.91 Å². The van der Waals surface area contributed by atoms with Crippen LogP contribution < -0.4 is 10.6 Å². The Morgan fingerprint density at radius 1 is 1.09 bits per heavy atom. The van der Waals surface area contributed by atoms with E-state index in [0.29, 0.717) is 24.8 Å². The fourth-order valence-electron chi connectivity index (χ4n) is 4.88. The molecule has 1 saturated heterocycles. The largest absolute Gasteiger partial charge is 0.445 e. The third-order valence-electron chi connectivity index (χ3n) is 6.60. The molecule has 1 saturated carbocycles. The van der Waals surface area contributed by atoms with E-state index < -0.39 is 29.7 Å². The molecule has 1 aromatic rings. The van der Waals surface area contributed by atoms with Crippen molar-refractivity contribution < 1.29 is 23.9 Å². The molecule has 174 valence electrons. The average Bonchev–Trinajstić information content (AvgIpc) is 2.82. The number of fused-ring (bicyclic) bond motifs is 2. The van der Waals surface area contributed by atoms with Gasteiger partial charge in [-0.3, -0.25) is 14.4 Å². The van der Waals surface area contributed by atoms with Gasteiger partial charge in [0.05, 0.1) is 6.04 Å². The van der Waals surface area contributed by atoms with E-state index in [1.807, 2.05) is 44.2 Å². The van der Waals surface area contributed by atoms with Crippen molar-refractivity contribution in [2.45, 2.75) is 65.0 Å². The molecule has 1 aliphatic carbocycles. The molecule has 0 radical (unpaired) electrons. The number of ether oxygens (including phenoxy) is 1. The van der Waals surface area contributed by atoms with Gasteiger partial charge in [-0.2, -0.15) is 0 Å². The maximum Gasteiger partial charge on any atom is 0.408 e. The third-order valence-corrected chi connectivity index (χ3v) is 6.60. The zero-order valence-corrected chi connectivity index (χ0v) is 19.0. The van der Waals surface area contributed by atoms with Gasteiger partial charge in [0.1, 0.15) is 6.61 Å². The summed E-state index contributed by atoms with van der Waals surface area (Å²) in [5.41, 5.74) is 0.850. The van der Waals surface area contributed by atoms with E-state index >= 15 is 0 Å². The van der Waals surface area contributed by atoms with Gasteiger partial charge in [0.15, 0.2) is 5.78 Å². The molecule has 2 aliphatic rings. The Morgan fingerprint density at radius 2 is 1.81 bits per heavy atom. The zero-order valence-electron chi connectivity index (χ0n) is 19.0. The molecular formula is C25H34N2O5. The van der Waals surface area contributed by atoms with Crippen LogP contribution in [0.15, 0.2) is 30.3 Å². The van der Waals surface area contributed by atoms with Crippen molar-refractivity contribution >= 4 is 23.6 Å². The number of hydrogen-bond donors (Lipinski definition) is 2. The number of carbonyl (C=O) groups excluding carboxylic acids is 4. The number of amides is 2. The second-order valence-corrected chi connectivity index (χ2v) is 9.50. The van der Waals surface area contributed by atoms with Gasteiger partial charge in [-0.05, 0) is 42.6 Å². The molecule has 7 nitrogen and oxygen atoms in total. The summed E-state index contributed by atoms with van der Waals surface area (Å²) in [6.07, 6.45) is 4.00. The zero-order chi connectivity index (χ0) is 23.1. The van der Waals surface area contributed by atoms with Crippen LogP contribution in [0.3, 0.4) is 0 Å². The molecule has 1 aromatic carbocycles. The van der Waals surface area contributed by atoms with E-state index in [9.17, 15) is 19.2 Å². The predicted octanol–water partition coefficient (Wildman–Crippen LogP) is 3.41. The van der Waals surface area contributed by atoms with Crippen LogP contribution >= 0.6 is 0 Å². The number of hydrogen-bond acceptors (Lipinski definition) is 5. The van der Waals surface area contributed by atoms with Crippen molar-refractivity contribution in [1.29, 1.82) is 0 Å². The molecule has 0 spiro atoms. The lowest BCUT2D eigenvalue weighted by Gasteiger charge is -2.29. The summed E-state index contributed by atoms with van der Waals surface area (Å²) in [4.78, 5) is 50.5. The second kappa shape index (κ2) is 11.2. The maximum absolute atomic E-state index is 13.1. The molecule has 3 rings (SSSR count). The van der Waals surface area contributed by atoms with Gasteiger partial charge < -0.3 is 15.4 Å². The number of nitrogens with one attached hydrogen (secondary N) is 2. The highest BCUT2D eigenvalue weighted by molar-refractivity contribution is 6.37.